The zero-order valence-electron chi connectivity index (χ0n) is 13.4. The molecule has 0 saturated heterocycles. The quantitative estimate of drug-likeness (QED) is 0.609. The lowest BCUT2D eigenvalue weighted by atomic mass is 10.1. The van der Waals surface area contributed by atoms with Gasteiger partial charge in [0.05, 0.1) is 19.2 Å². The van der Waals surface area contributed by atoms with Crippen LogP contribution in [0.4, 0.5) is 0 Å². The predicted octanol–water partition coefficient (Wildman–Crippen LogP) is 1.61. The summed E-state index contributed by atoms with van der Waals surface area (Å²) in [5.41, 5.74) is 1.99. The molecule has 0 radical (unpaired) electrons. The van der Waals surface area contributed by atoms with Crippen LogP contribution >= 0.6 is 0 Å². The van der Waals surface area contributed by atoms with E-state index in [1.165, 1.54) is 7.11 Å². The Hall–Kier alpha value is -3.55. The normalized spacial score (nSPS) is 10.9. The predicted molar refractivity (Wildman–Crippen MR) is 90.2 cm³/mol. The molecule has 0 aliphatic rings. The summed E-state index contributed by atoms with van der Waals surface area (Å²) in [5.74, 6) is 0.761. The Balaban J connectivity index is 1.55. The van der Waals surface area contributed by atoms with Gasteiger partial charge in [0.2, 0.25) is 5.88 Å². The van der Waals surface area contributed by atoms with Crippen LogP contribution in [0.15, 0.2) is 48.7 Å². The molecule has 0 fully saturated rings. The fourth-order valence-electron chi connectivity index (χ4n) is 2.51. The van der Waals surface area contributed by atoms with Crippen LogP contribution in [0.5, 0.6) is 5.88 Å². The van der Waals surface area contributed by atoms with E-state index >= 15 is 0 Å². The maximum absolute atomic E-state index is 12.4. The lowest BCUT2D eigenvalue weighted by Gasteiger charge is -2.05. The molecule has 4 rings (SSSR count). The minimum Gasteiger partial charge on any atom is -0.480 e. The standard InChI is InChI=1S/C17H14N6O2/c1-25-16-7-6-14-20-21-15(23(14)22-16)10-19-17(24)12-4-5-13-11(9-12)3-2-8-18-13/h2-9H,10H2,1H3,(H,19,24). The zero-order valence-corrected chi connectivity index (χ0v) is 13.4. The van der Waals surface area contributed by atoms with Gasteiger partial charge in [0, 0.05) is 23.2 Å². The molecule has 1 aromatic carbocycles. The van der Waals surface area contributed by atoms with Gasteiger partial charge in [-0.05, 0) is 30.3 Å². The highest BCUT2D eigenvalue weighted by atomic mass is 16.5. The average Bonchev–Trinajstić information content (AvgIpc) is 3.07. The maximum Gasteiger partial charge on any atom is 0.251 e. The van der Waals surface area contributed by atoms with Crippen molar-refractivity contribution in [2.24, 2.45) is 0 Å². The van der Waals surface area contributed by atoms with Gasteiger partial charge < -0.3 is 10.1 Å². The molecule has 124 valence electrons. The third-order valence-corrected chi connectivity index (χ3v) is 3.78. The molecule has 0 bridgehead atoms. The number of benzene rings is 1. The Bertz CT molecular complexity index is 1080. The summed E-state index contributed by atoms with van der Waals surface area (Å²) < 4.78 is 6.65. The van der Waals surface area contributed by atoms with Crippen molar-refractivity contribution in [3.05, 3.63) is 60.0 Å². The first kappa shape index (κ1) is 15.0. The van der Waals surface area contributed by atoms with Gasteiger partial charge in [-0.2, -0.15) is 4.52 Å². The van der Waals surface area contributed by atoms with E-state index in [-0.39, 0.29) is 12.5 Å². The van der Waals surface area contributed by atoms with Crippen molar-refractivity contribution in [3.63, 3.8) is 0 Å². The van der Waals surface area contributed by atoms with Crippen LogP contribution < -0.4 is 10.1 Å². The zero-order chi connectivity index (χ0) is 17.2. The average molecular weight is 334 g/mol. The Morgan fingerprint density at radius 1 is 1.20 bits per heavy atom. The van der Waals surface area contributed by atoms with Crippen molar-refractivity contribution in [1.82, 2.24) is 30.1 Å². The van der Waals surface area contributed by atoms with Gasteiger partial charge in [-0.3, -0.25) is 9.78 Å². The van der Waals surface area contributed by atoms with Crippen LogP contribution in [0.25, 0.3) is 16.6 Å². The van der Waals surface area contributed by atoms with Crippen LogP contribution in [-0.2, 0) is 6.54 Å². The number of aromatic nitrogens is 5. The van der Waals surface area contributed by atoms with Gasteiger partial charge >= 0.3 is 0 Å². The summed E-state index contributed by atoms with van der Waals surface area (Å²) >= 11 is 0. The first-order chi connectivity index (χ1) is 12.2. The largest absolute Gasteiger partial charge is 0.480 e. The molecule has 3 aromatic heterocycles. The van der Waals surface area contributed by atoms with E-state index < -0.39 is 0 Å². The molecule has 0 saturated carbocycles. The van der Waals surface area contributed by atoms with E-state index in [0.717, 1.165) is 10.9 Å². The van der Waals surface area contributed by atoms with Gasteiger partial charge in [-0.1, -0.05) is 6.07 Å². The molecule has 0 aliphatic heterocycles. The van der Waals surface area contributed by atoms with Gasteiger partial charge in [0.15, 0.2) is 11.5 Å². The highest BCUT2D eigenvalue weighted by Gasteiger charge is 2.11. The number of amides is 1. The van der Waals surface area contributed by atoms with E-state index in [9.17, 15) is 4.79 Å². The van der Waals surface area contributed by atoms with Crippen molar-refractivity contribution >= 4 is 22.5 Å². The number of pyridine rings is 1. The molecule has 0 spiro atoms. The molecule has 0 atom stereocenters. The molecule has 1 amide bonds. The van der Waals surface area contributed by atoms with Gasteiger partial charge in [0.1, 0.15) is 0 Å². The summed E-state index contributed by atoms with van der Waals surface area (Å²) in [6, 6.07) is 12.6. The van der Waals surface area contributed by atoms with Gasteiger partial charge in [-0.25, -0.2) is 0 Å². The topological polar surface area (TPSA) is 94.3 Å². The van der Waals surface area contributed by atoms with Crippen molar-refractivity contribution in [2.45, 2.75) is 6.54 Å². The summed E-state index contributed by atoms with van der Waals surface area (Å²) in [4.78, 5) is 16.7. The number of carbonyl (C=O) groups excluding carboxylic acids is 1. The third-order valence-electron chi connectivity index (χ3n) is 3.78. The van der Waals surface area contributed by atoms with Crippen LogP contribution in [0.3, 0.4) is 0 Å². The van der Waals surface area contributed by atoms with Crippen LogP contribution in [-0.4, -0.2) is 37.8 Å². The highest BCUT2D eigenvalue weighted by Crippen LogP contribution is 2.13. The summed E-state index contributed by atoms with van der Waals surface area (Å²) in [7, 11) is 1.54. The number of methoxy groups -OCH3 is 1. The van der Waals surface area contributed by atoms with Crippen molar-refractivity contribution < 1.29 is 9.53 Å². The van der Waals surface area contributed by atoms with E-state index in [4.69, 9.17) is 4.74 Å². The highest BCUT2D eigenvalue weighted by molar-refractivity contribution is 5.97. The Labute approximate surface area is 142 Å². The van der Waals surface area contributed by atoms with Crippen LogP contribution in [0.2, 0.25) is 0 Å². The molecule has 0 unspecified atom stereocenters. The maximum atomic E-state index is 12.4. The molecule has 8 heteroatoms. The van der Waals surface area contributed by atoms with E-state index in [0.29, 0.717) is 22.9 Å². The lowest BCUT2D eigenvalue weighted by Crippen LogP contribution is -2.24. The SMILES string of the molecule is COc1ccc2nnc(CNC(=O)c3ccc4ncccc4c3)n2n1. The number of fused-ring (bicyclic) bond motifs is 2. The summed E-state index contributed by atoms with van der Waals surface area (Å²) in [6.45, 7) is 0.200. The summed E-state index contributed by atoms with van der Waals surface area (Å²) in [6.07, 6.45) is 1.72. The monoisotopic (exact) mass is 334 g/mol. The Kier molecular flexibility index (Phi) is 3.70. The second-order valence-electron chi connectivity index (χ2n) is 5.36. The number of carbonyl (C=O) groups is 1. The molecule has 8 nitrogen and oxygen atoms in total. The Morgan fingerprint density at radius 2 is 2.12 bits per heavy atom. The Morgan fingerprint density at radius 3 is 3.00 bits per heavy atom. The minimum absolute atomic E-state index is 0.200. The third kappa shape index (κ3) is 2.85. The number of hydrogen-bond donors (Lipinski definition) is 1. The second-order valence-corrected chi connectivity index (χ2v) is 5.36. The molecule has 3 heterocycles. The van der Waals surface area contributed by atoms with Gasteiger partial charge in [0.25, 0.3) is 5.91 Å². The molecular formula is C17H14N6O2. The first-order valence-corrected chi connectivity index (χ1v) is 7.63. The van der Waals surface area contributed by atoms with Crippen LogP contribution in [0.1, 0.15) is 16.2 Å². The number of rotatable bonds is 4. The molecule has 4 aromatic rings. The summed E-state index contributed by atoms with van der Waals surface area (Å²) in [5, 5.41) is 16.1. The number of nitrogens with zero attached hydrogens (tertiary/aromatic N) is 5. The fourth-order valence-corrected chi connectivity index (χ4v) is 2.51. The van der Waals surface area contributed by atoms with Gasteiger partial charge in [-0.15, -0.1) is 15.3 Å². The fraction of sp³-hybridized carbons (Fsp3) is 0.118. The minimum atomic E-state index is -0.203. The second kappa shape index (κ2) is 6.16. The van der Waals surface area contributed by atoms with Crippen molar-refractivity contribution in [1.29, 1.82) is 0 Å². The smallest absolute Gasteiger partial charge is 0.251 e. The number of hydrogen-bond acceptors (Lipinski definition) is 6. The lowest BCUT2D eigenvalue weighted by molar-refractivity contribution is 0.0950. The van der Waals surface area contributed by atoms with E-state index in [1.807, 2.05) is 18.2 Å². The van der Waals surface area contributed by atoms with E-state index in [1.54, 1.807) is 35.0 Å². The molecule has 25 heavy (non-hydrogen) atoms. The number of ether oxygens (including phenoxy) is 1. The van der Waals surface area contributed by atoms with Crippen molar-refractivity contribution in [2.75, 3.05) is 7.11 Å². The van der Waals surface area contributed by atoms with Crippen LogP contribution in [0, 0.1) is 0 Å². The van der Waals surface area contributed by atoms with Crippen molar-refractivity contribution in [3.8, 4) is 5.88 Å². The van der Waals surface area contributed by atoms with E-state index in [2.05, 4.69) is 25.6 Å². The first-order valence-electron chi connectivity index (χ1n) is 7.63. The molecular weight excluding hydrogens is 320 g/mol. The molecule has 1 N–H and O–H groups in total. The number of nitrogens with one attached hydrogen (secondary N) is 1. The molecule has 0 aliphatic carbocycles.